The van der Waals surface area contributed by atoms with Crippen LogP contribution < -0.4 is 0 Å². The van der Waals surface area contributed by atoms with Gasteiger partial charge in [-0.2, -0.15) is 0 Å². The van der Waals surface area contributed by atoms with Gasteiger partial charge in [-0.15, -0.1) is 0 Å². The lowest BCUT2D eigenvalue weighted by Crippen LogP contribution is -2.36. The van der Waals surface area contributed by atoms with Crippen LogP contribution in [0, 0.1) is 0 Å². The highest BCUT2D eigenvalue weighted by atomic mass is 19.1. The van der Waals surface area contributed by atoms with Gasteiger partial charge in [-0.25, -0.2) is 9.18 Å². The number of likely N-dealkylation sites (N-methyl/N-ethyl adjacent to an activating group) is 1. The van der Waals surface area contributed by atoms with Gasteiger partial charge in [-0.3, -0.25) is 0 Å². The van der Waals surface area contributed by atoms with Crippen molar-refractivity contribution in [2.24, 2.45) is 0 Å². The zero-order valence-corrected chi connectivity index (χ0v) is 7.75. The summed E-state index contributed by atoms with van der Waals surface area (Å²) in [4.78, 5) is 8.99. The van der Waals surface area contributed by atoms with Crippen LogP contribution in [0.25, 0.3) is 0 Å². The number of carboxylic acid groups (broad SMARTS) is 1. The van der Waals surface area contributed by atoms with Crippen LogP contribution in [0.2, 0.25) is 0 Å². The number of rotatable bonds is 3. The molecule has 4 nitrogen and oxygen atoms in total. The van der Waals surface area contributed by atoms with Crippen LogP contribution in [0.1, 0.15) is 0 Å². The van der Waals surface area contributed by atoms with Gasteiger partial charge in [0.05, 0.1) is 27.7 Å². The molecule has 0 rings (SSSR count). The van der Waals surface area contributed by atoms with Gasteiger partial charge in [0.2, 0.25) is 0 Å². The maximum atomic E-state index is 10.5. The molecule has 5 heteroatoms. The summed E-state index contributed by atoms with van der Waals surface area (Å²) < 4.78 is 11.4. The maximum Gasteiger partial charge on any atom is 0.335 e. The lowest BCUT2D eigenvalue weighted by Gasteiger charge is -2.21. The number of hydrogen-bond donors (Lipinski definition) is 2. The van der Waals surface area contributed by atoms with Crippen molar-refractivity contribution in [3.8, 4) is 0 Å². The van der Waals surface area contributed by atoms with Crippen LogP contribution in [0.5, 0.6) is 0 Å². The second kappa shape index (κ2) is 7.00. The number of aliphatic carboxylic acids is 1. The first-order valence-electron chi connectivity index (χ1n) is 3.52. The Morgan fingerprint density at radius 3 is 1.75 bits per heavy atom. The van der Waals surface area contributed by atoms with Crippen molar-refractivity contribution in [1.82, 2.24) is 0 Å². The summed E-state index contributed by atoms with van der Waals surface area (Å²) in [6.45, 7) is -0.163. The first-order chi connectivity index (χ1) is 5.33. The summed E-state index contributed by atoms with van der Waals surface area (Å²) in [5.41, 5.74) is 0. The van der Waals surface area contributed by atoms with Gasteiger partial charge in [-0.1, -0.05) is 0 Å². The average molecular weight is 182 g/mol. The minimum atomic E-state index is -1.41. The smallest absolute Gasteiger partial charge is 0.335 e. The third-order valence-corrected chi connectivity index (χ3v) is 0.885. The number of carbonyl (C=O) groups is 1. The molecule has 0 spiro atoms. The molecule has 0 atom stereocenters. The standard InChI is InChI=1S/C5H14NO.C2H3FO2/c1-6(2,3)4-5-7;3-1-2(4)5/h7H,4-5H2,1-3H3;1H2,(H,4,5)/q+1;. The fourth-order valence-corrected chi connectivity index (χ4v) is 0.300. The largest absolute Gasteiger partial charge is 0.479 e. The zero-order valence-electron chi connectivity index (χ0n) is 7.75. The van der Waals surface area contributed by atoms with Gasteiger partial charge in [0.15, 0.2) is 6.67 Å². The van der Waals surface area contributed by atoms with E-state index in [1.54, 1.807) is 0 Å². The van der Waals surface area contributed by atoms with Crippen LogP contribution in [-0.4, -0.2) is 61.6 Å². The monoisotopic (exact) mass is 182 g/mol. The topological polar surface area (TPSA) is 57.5 Å². The molecule has 0 aliphatic heterocycles. The van der Waals surface area contributed by atoms with E-state index in [1.807, 2.05) is 0 Å². The van der Waals surface area contributed by atoms with E-state index in [-0.39, 0.29) is 6.61 Å². The van der Waals surface area contributed by atoms with Gasteiger partial charge in [-0.05, 0) is 0 Å². The number of carboxylic acids is 1. The molecule has 12 heavy (non-hydrogen) atoms. The highest BCUT2D eigenvalue weighted by molar-refractivity contribution is 5.67. The van der Waals surface area contributed by atoms with E-state index in [0.717, 1.165) is 11.0 Å². The maximum absolute atomic E-state index is 10.5. The van der Waals surface area contributed by atoms with Gasteiger partial charge in [0.1, 0.15) is 6.54 Å². The highest BCUT2D eigenvalue weighted by Crippen LogP contribution is 1.84. The Hall–Kier alpha value is -0.680. The lowest BCUT2D eigenvalue weighted by atomic mass is 10.5. The molecule has 2 N–H and O–H groups in total. The number of alkyl halides is 1. The predicted octanol–water partition coefficient (Wildman–Crippen LogP) is -0.275. The Kier molecular flexibility index (Phi) is 8.09. The Balaban J connectivity index is 0. The minimum absolute atomic E-state index is 0.281. The van der Waals surface area contributed by atoms with Crippen LogP contribution in [-0.2, 0) is 4.79 Å². The molecule has 0 saturated carbocycles. The van der Waals surface area contributed by atoms with Crippen molar-refractivity contribution in [3.63, 3.8) is 0 Å². The Morgan fingerprint density at radius 1 is 1.42 bits per heavy atom. The summed E-state index contributed by atoms with van der Waals surface area (Å²) in [5, 5.41) is 15.7. The Labute approximate surface area is 71.8 Å². The average Bonchev–Trinajstić information content (AvgIpc) is 1.86. The molecule has 0 unspecified atom stereocenters. The first kappa shape index (κ1) is 13.9. The van der Waals surface area contributed by atoms with E-state index in [9.17, 15) is 4.39 Å². The van der Waals surface area contributed by atoms with E-state index in [4.69, 9.17) is 15.0 Å². The second-order valence-electron chi connectivity index (χ2n) is 3.26. The molecule has 0 saturated heterocycles. The summed E-state index contributed by atoms with van der Waals surface area (Å²) >= 11 is 0. The van der Waals surface area contributed by atoms with Crippen LogP contribution >= 0.6 is 0 Å². The van der Waals surface area contributed by atoms with Gasteiger partial charge >= 0.3 is 5.97 Å². The molecule has 0 bridgehead atoms. The fourth-order valence-electron chi connectivity index (χ4n) is 0.300. The van der Waals surface area contributed by atoms with Gasteiger partial charge < -0.3 is 14.7 Å². The molecule has 74 valence electrons. The third-order valence-electron chi connectivity index (χ3n) is 0.885. The fraction of sp³-hybridized carbons (Fsp3) is 0.857. The number of quaternary nitrogens is 1. The first-order valence-corrected chi connectivity index (χ1v) is 3.52. The van der Waals surface area contributed by atoms with Crippen molar-refractivity contribution in [3.05, 3.63) is 0 Å². The zero-order chi connectivity index (χ0) is 10.2. The van der Waals surface area contributed by atoms with Crippen LogP contribution in [0.4, 0.5) is 4.39 Å². The normalized spacial score (nSPS) is 10.1. The molecular formula is C7H17FNO3+. The molecular weight excluding hydrogens is 165 g/mol. The Bertz CT molecular complexity index is 122. The highest BCUT2D eigenvalue weighted by Gasteiger charge is 2.02. The number of hydrogen-bond acceptors (Lipinski definition) is 2. The predicted molar refractivity (Wildman–Crippen MR) is 43.6 cm³/mol. The molecule has 0 fully saturated rings. The van der Waals surface area contributed by atoms with E-state index in [0.29, 0.717) is 0 Å². The molecule has 0 heterocycles. The second-order valence-corrected chi connectivity index (χ2v) is 3.26. The number of aliphatic hydroxyl groups is 1. The molecule has 0 aliphatic carbocycles. The van der Waals surface area contributed by atoms with Crippen molar-refractivity contribution in [2.75, 3.05) is 41.0 Å². The van der Waals surface area contributed by atoms with Crippen molar-refractivity contribution in [2.45, 2.75) is 0 Å². The van der Waals surface area contributed by atoms with E-state index in [2.05, 4.69) is 21.1 Å². The Morgan fingerprint density at radius 2 is 1.75 bits per heavy atom. The molecule has 0 radical (unpaired) electrons. The van der Waals surface area contributed by atoms with E-state index < -0.39 is 12.6 Å². The van der Waals surface area contributed by atoms with E-state index in [1.165, 1.54) is 0 Å². The quantitative estimate of drug-likeness (QED) is 0.590. The SMILES string of the molecule is C[N+](C)(C)CCO.O=C(O)CF. The minimum Gasteiger partial charge on any atom is -0.479 e. The number of aliphatic hydroxyl groups excluding tert-OH is 1. The van der Waals surface area contributed by atoms with Crippen molar-refractivity contribution in [1.29, 1.82) is 0 Å². The van der Waals surface area contributed by atoms with Gasteiger partial charge in [0, 0.05) is 0 Å². The lowest BCUT2D eigenvalue weighted by molar-refractivity contribution is -0.870. The van der Waals surface area contributed by atoms with Crippen LogP contribution in [0.15, 0.2) is 0 Å². The van der Waals surface area contributed by atoms with Crippen molar-refractivity contribution < 1.29 is 23.9 Å². The number of halogens is 1. The van der Waals surface area contributed by atoms with Crippen LogP contribution in [0.3, 0.4) is 0 Å². The molecule has 0 aromatic rings. The molecule has 0 aromatic carbocycles. The molecule has 0 aromatic heterocycles. The van der Waals surface area contributed by atoms with E-state index >= 15 is 0 Å². The third kappa shape index (κ3) is 22.8. The summed E-state index contributed by atoms with van der Waals surface area (Å²) in [6, 6.07) is 0. The summed E-state index contributed by atoms with van der Waals surface area (Å²) in [6.07, 6.45) is 0. The summed E-state index contributed by atoms with van der Waals surface area (Å²) in [7, 11) is 6.16. The van der Waals surface area contributed by atoms with Crippen molar-refractivity contribution >= 4 is 5.97 Å². The molecule has 0 aliphatic rings. The molecule has 0 amide bonds. The van der Waals surface area contributed by atoms with Gasteiger partial charge in [0.25, 0.3) is 0 Å². The summed E-state index contributed by atoms with van der Waals surface area (Å²) in [5.74, 6) is -1.41. The number of nitrogens with zero attached hydrogens (tertiary/aromatic N) is 1.